The maximum absolute atomic E-state index is 11.7. The number of thiazole rings is 1. The molecule has 0 aliphatic heterocycles. The largest absolute Gasteiger partial charge is 0.357 e. The average Bonchev–Trinajstić information content (AvgIpc) is 3.09. The predicted molar refractivity (Wildman–Crippen MR) is 94.7 cm³/mol. The fourth-order valence-corrected chi connectivity index (χ4v) is 3.05. The molecule has 0 spiro atoms. The number of hydrogen-bond acceptors (Lipinski definition) is 4. The van der Waals surface area contributed by atoms with Crippen molar-refractivity contribution >= 4 is 22.4 Å². The van der Waals surface area contributed by atoms with Gasteiger partial charge in [0, 0.05) is 25.4 Å². The summed E-state index contributed by atoms with van der Waals surface area (Å²) in [5, 5.41) is 6.81. The van der Waals surface area contributed by atoms with E-state index in [9.17, 15) is 4.79 Å². The van der Waals surface area contributed by atoms with E-state index in [1.807, 2.05) is 42.6 Å². The summed E-state index contributed by atoms with van der Waals surface area (Å²) in [6, 6.07) is 17.8. The van der Waals surface area contributed by atoms with E-state index in [4.69, 9.17) is 0 Å². The molecule has 116 valence electrons. The summed E-state index contributed by atoms with van der Waals surface area (Å²) in [4.78, 5) is 17.2. The van der Waals surface area contributed by atoms with Crippen molar-refractivity contribution in [3.8, 4) is 10.4 Å². The van der Waals surface area contributed by atoms with Gasteiger partial charge in [-0.15, -0.1) is 0 Å². The van der Waals surface area contributed by atoms with Gasteiger partial charge in [0.2, 0.25) is 0 Å². The molecule has 3 rings (SSSR count). The van der Waals surface area contributed by atoms with Gasteiger partial charge in [-0.3, -0.25) is 4.79 Å². The maximum Gasteiger partial charge on any atom is 0.251 e. The molecular weight excluding hydrogens is 306 g/mol. The van der Waals surface area contributed by atoms with E-state index in [0.717, 1.165) is 15.6 Å². The van der Waals surface area contributed by atoms with Crippen LogP contribution in [-0.2, 0) is 6.54 Å². The van der Waals surface area contributed by atoms with Gasteiger partial charge in [-0.25, -0.2) is 4.98 Å². The molecule has 23 heavy (non-hydrogen) atoms. The second-order valence-electron chi connectivity index (χ2n) is 5.03. The lowest BCUT2D eigenvalue weighted by atomic mass is 10.1. The standard InChI is InChI=1S/C18H17N3OS/c1-19-17(22)15-9-5-6-13(10-15)11-20-18-21-12-16(23-18)14-7-3-2-4-8-14/h2-10,12H,11H2,1H3,(H,19,22)(H,20,21). The fraction of sp³-hybridized carbons (Fsp3) is 0.111. The van der Waals surface area contributed by atoms with Crippen molar-refractivity contribution in [3.05, 3.63) is 71.9 Å². The highest BCUT2D eigenvalue weighted by molar-refractivity contribution is 7.18. The van der Waals surface area contributed by atoms with Crippen molar-refractivity contribution in [1.29, 1.82) is 0 Å². The highest BCUT2D eigenvalue weighted by Crippen LogP contribution is 2.28. The number of amides is 1. The Labute approximate surface area is 139 Å². The van der Waals surface area contributed by atoms with E-state index >= 15 is 0 Å². The van der Waals surface area contributed by atoms with Crippen molar-refractivity contribution in [1.82, 2.24) is 10.3 Å². The molecule has 1 heterocycles. The SMILES string of the molecule is CNC(=O)c1cccc(CNc2ncc(-c3ccccc3)s2)c1. The van der Waals surface area contributed by atoms with Crippen molar-refractivity contribution < 1.29 is 4.79 Å². The summed E-state index contributed by atoms with van der Waals surface area (Å²) in [6.07, 6.45) is 1.88. The molecule has 1 amide bonds. The maximum atomic E-state index is 11.7. The predicted octanol–water partition coefficient (Wildman–Crippen LogP) is 3.78. The van der Waals surface area contributed by atoms with Gasteiger partial charge in [-0.1, -0.05) is 53.8 Å². The number of nitrogens with zero attached hydrogens (tertiary/aromatic N) is 1. The van der Waals surface area contributed by atoms with E-state index < -0.39 is 0 Å². The highest BCUT2D eigenvalue weighted by Gasteiger charge is 2.06. The minimum Gasteiger partial charge on any atom is -0.357 e. The number of rotatable bonds is 5. The highest BCUT2D eigenvalue weighted by atomic mass is 32.1. The van der Waals surface area contributed by atoms with Crippen LogP contribution in [0.2, 0.25) is 0 Å². The molecule has 0 fully saturated rings. The number of nitrogens with one attached hydrogen (secondary N) is 2. The van der Waals surface area contributed by atoms with Crippen molar-refractivity contribution in [3.63, 3.8) is 0 Å². The first-order chi connectivity index (χ1) is 11.3. The Morgan fingerprint density at radius 3 is 2.74 bits per heavy atom. The van der Waals surface area contributed by atoms with E-state index in [2.05, 4.69) is 27.8 Å². The molecule has 0 atom stereocenters. The number of hydrogen-bond donors (Lipinski definition) is 2. The third-order valence-corrected chi connectivity index (χ3v) is 4.43. The van der Waals surface area contributed by atoms with Gasteiger partial charge in [0.1, 0.15) is 0 Å². The van der Waals surface area contributed by atoms with Gasteiger partial charge in [0.15, 0.2) is 5.13 Å². The quantitative estimate of drug-likeness (QED) is 0.751. The fourth-order valence-electron chi connectivity index (χ4n) is 2.24. The zero-order valence-electron chi connectivity index (χ0n) is 12.7. The van der Waals surface area contributed by atoms with Crippen LogP contribution in [0, 0.1) is 0 Å². The molecule has 4 nitrogen and oxygen atoms in total. The molecule has 0 unspecified atom stereocenters. The third kappa shape index (κ3) is 3.76. The van der Waals surface area contributed by atoms with Crippen LogP contribution < -0.4 is 10.6 Å². The van der Waals surface area contributed by atoms with Crippen LogP contribution in [0.3, 0.4) is 0 Å². The Balaban J connectivity index is 1.67. The summed E-state index contributed by atoms with van der Waals surface area (Å²) >= 11 is 1.62. The number of aromatic nitrogens is 1. The lowest BCUT2D eigenvalue weighted by Crippen LogP contribution is -2.17. The molecule has 2 aromatic carbocycles. The van der Waals surface area contributed by atoms with Gasteiger partial charge in [-0.2, -0.15) is 0 Å². The first-order valence-electron chi connectivity index (χ1n) is 7.32. The van der Waals surface area contributed by atoms with Crippen molar-refractivity contribution in [2.45, 2.75) is 6.54 Å². The van der Waals surface area contributed by atoms with Crippen molar-refractivity contribution in [2.24, 2.45) is 0 Å². The number of carbonyl (C=O) groups is 1. The van der Waals surface area contributed by atoms with Crippen LogP contribution in [-0.4, -0.2) is 17.9 Å². The Morgan fingerprint density at radius 1 is 1.13 bits per heavy atom. The molecule has 0 radical (unpaired) electrons. The Hall–Kier alpha value is -2.66. The van der Waals surface area contributed by atoms with Crippen LogP contribution in [0.15, 0.2) is 60.8 Å². The van der Waals surface area contributed by atoms with Gasteiger partial charge < -0.3 is 10.6 Å². The third-order valence-electron chi connectivity index (χ3n) is 3.42. The molecule has 0 saturated heterocycles. The minimum absolute atomic E-state index is 0.0764. The lowest BCUT2D eigenvalue weighted by molar-refractivity contribution is 0.0963. The normalized spacial score (nSPS) is 10.3. The summed E-state index contributed by atoms with van der Waals surface area (Å²) in [5.41, 5.74) is 2.87. The summed E-state index contributed by atoms with van der Waals surface area (Å²) in [5.74, 6) is -0.0764. The Morgan fingerprint density at radius 2 is 1.96 bits per heavy atom. The first-order valence-corrected chi connectivity index (χ1v) is 8.14. The second kappa shape index (κ2) is 7.07. The number of anilines is 1. The summed E-state index contributed by atoms with van der Waals surface area (Å²) in [6.45, 7) is 0.632. The molecule has 0 aliphatic rings. The molecular formula is C18H17N3OS. The first kappa shape index (κ1) is 15.2. The van der Waals surface area contributed by atoms with Gasteiger partial charge >= 0.3 is 0 Å². The van der Waals surface area contributed by atoms with Gasteiger partial charge in [-0.05, 0) is 23.3 Å². The van der Waals surface area contributed by atoms with E-state index in [1.54, 1.807) is 24.5 Å². The van der Waals surface area contributed by atoms with E-state index in [-0.39, 0.29) is 5.91 Å². The lowest BCUT2D eigenvalue weighted by Gasteiger charge is -2.05. The van der Waals surface area contributed by atoms with Crippen LogP contribution in [0.5, 0.6) is 0 Å². The molecule has 0 aliphatic carbocycles. The zero-order chi connectivity index (χ0) is 16.1. The minimum atomic E-state index is -0.0764. The number of carbonyl (C=O) groups excluding carboxylic acids is 1. The topological polar surface area (TPSA) is 54.0 Å². The number of benzene rings is 2. The van der Waals surface area contributed by atoms with Crippen LogP contribution in [0.1, 0.15) is 15.9 Å². The molecule has 1 aromatic heterocycles. The van der Waals surface area contributed by atoms with Crippen LogP contribution in [0.4, 0.5) is 5.13 Å². The monoisotopic (exact) mass is 323 g/mol. The van der Waals surface area contributed by atoms with E-state index in [0.29, 0.717) is 12.1 Å². The molecule has 0 saturated carbocycles. The van der Waals surface area contributed by atoms with Crippen LogP contribution >= 0.6 is 11.3 Å². The Kier molecular flexibility index (Phi) is 4.68. The van der Waals surface area contributed by atoms with Crippen LogP contribution in [0.25, 0.3) is 10.4 Å². The summed E-state index contributed by atoms with van der Waals surface area (Å²) in [7, 11) is 1.63. The zero-order valence-corrected chi connectivity index (χ0v) is 13.6. The van der Waals surface area contributed by atoms with Crippen molar-refractivity contribution in [2.75, 3.05) is 12.4 Å². The molecule has 5 heteroatoms. The van der Waals surface area contributed by atoms with Gasteiger partial charge in [0.25, 0.3) is 5.91 Å². The Bertz CT molecular complexity index is 799. The summed E-state index contributed by atoms with van der Waals surface area (Å²) < 4.78 is 0. The smallest absolute Gasteiger partial charge is 0.251 e. The molecule has 3 aromatic rings. The molecule has 0 bridgehead atoms. The molecule has 2 N–H and O–H groups in total. The second-order valence-corrected chi connectivity index (χ2v) is 6.06. The average molecular weight is 323 g/mol. The van der Waals surface area contributed by atoms with Gasteiger partial charge in [0.05, 0.1) is 4.88 Å². The van der Waals surface area contributed by atoms with E-state index in [1.165, 1.54) is 5.56 Å².